The average Bonchev–Trinajstić information content (AvgIpc) is 3.05. The number of Topliss-reactive ketones (excluding diaryl/α,β-unsaturated/α-hetero) is 1. The summed E-state index contributed by atoms with van der Waals surface area (Å²) in [6, 6.07) is 18.5. The number of nitrogens with zero attached hydrogens (tertiary/aromatic N) is 2. The van der Waals surface area contributed by atoms with Gasteiger partial charge in [-0.15, -0.1) is 0 Å². The van der Waals surface area contributed by atoms with Crippen LogP contribution in [-0.2, 0) is 9.59 Å². The van der Waals surface area contributed by atoms with Gasteiger partial charge in [0, 0.05) is 11.8 Å². The molecule has 1 amide bonds. The molecule has 1 fully saturated rings. The van der Waals surface area contributed by atoms with Gasteiger partial charge in [-0.05, 0) is 48.9 Å². The van der Waals surface area contributed by atoms with Gasteiger partial charge in [0.05, 0.1) is 18.7 Å². The molecule has 2 heterocycles. The highest BCUT2D eigenvalue weighted by molar-refractivity contribution is 6.51. The molecule has 1 N–H and O–H groups in total. The van der Waals surface area contributed by atoms with Gasteiger partial charge < -0.3 is 9.84 Å². The van der Waals surface area contributed by atoms with Crippen molar-refractivity contribution in [3.63, 3.8) is 0 Å². The smallest absolute Gasteiger partial charge is 0.301 e. The third kappa shape index (κ3) is 3.33. The molecule has 0 spiro atoms. The van der Waals surface area contributed by atoms with Gasteiger partial charge in [-0.3, -0.25) is 14.5 Å². The molecule has 0 bridgehead atoms. The highest BCUT2D eigenvalue weighted by Crippen LogP contribution is 2.41. The lowest BCUT2D eigenvalue weighted by atomic mass is 9.94. The van der Waals surface area contributed by atoms with Crippen molar-refractivity contribution < 1.29 is 19.4 Å². The number of methoxy groups -OCH3 is 1. The molecule has 3 aromatic rings. The second-order valence-corrected chi connectivity index (χ2v) is 7.00. The Hall–Kier alpha value is -3.93. The number of aliphatic hydroxyl groups excluding tert-OH is 1. The fourth-order valence-electron chi connectivity index (χ4n) is 3.53. The molecule has 1 atom stereocenters. The number of pyridine rings is 1. The van der Waals surface area contributed by atoms with E-state index in [0.29, 0.717) is 22.7 Å². The van der Waals surface area contributed by atoms with Gasteiger partial charge in [0.25, 0.3) is 5.78 Å². The van der Waals surface area contributed by atoms with E-state index >= 15 is 0 Å². The van der Waals surface area contributed by atoms with E-state index in [1.807, 2.05) is 31.2 Å². The van der Waals surface area contributed by atoms with Crippen LogP contribution in [0.2, 0.25) is 0 Å². The highest BCUT2D eigenvalue weighted by Gasteiger charge is 2.47. The number of hydrogen-bond donors (Lipinski definition) is 1. The lowest BCUT2D eigenvalue weighted by Crippen LogP contribution is -2.30. The molecular weight excluding hydrogens is 380 g/mol. The Morgan fingerprint density at radius 1 is 1.00 bits per heavy atom. The van der Waals surface area contributed by atoms with Gasteiger partial charge in [-0.1, -0.05) is 35.9 Å². The van der Waals surface area contributed by atoms with E-state index in [1.54, 1.807) is 55.8 Å². The van der Waals surface area contributed by atoms with Crippen molar-refractivity contribution in [2.75, 3.05) is 12.0 Å². The molecule has 1 unspecified atom stereocenters. The van der Waals surface area contributed by atoms with E-state index in [0.717, 1.165) is 5.56 Å². The van der Waals surface area contributed by atoms with Gasteiger partial charge in [-0.2, -0.15) is 0 Å². The molecule has 1 aromatic heterocycles. The zero-order valence-corrected chi connectivity index (χ0v) is 16.6. The maximum absolute atomic E-state index is 13.0. The van der Waals surface area contributed by atoms with E-state index in [-0.39, 0.29) is 11.3 Å². The second kappa shape index (κ2) is 7.83. The molecule has 30 heavy (non-hydrogen) atoms. The van der Waals surface area contributed by atoms with Gasteiger partial charge in [0.15, 0.2) is 0 Å². The van der Waals surface area contributed by atoms with Crippen molar-refractivity contribution in [2.45, 2.75) is 13.0 Å². The van der Waals surface area contributed by atoms with Crippen LogP contribution in [-0.4, -0.2) is 28.9 Å². The van der Waals surface area contributed by atoms with Gasteiger partial charge in [0.1, 0.15) is 17.3 Å². The maximum Gasteiger partial charge on any atom is 0.301 e. The Kier molecular flexibility index (Phi) is 5.06. The molecule has 1 aliphatic heterocycles. The van der Waals surface area contributed by atoms with Gasteiger partial charge >= 0.3 is 5.91 Å². The normalized spacial score (nSPS) is 17.9. The fourth-order valence-corrected chi connectivity index (χ4v) is 3.53. The van der Waals surface area contributed by atoms with Crippen molar-refractivity contribution in [3.8, 4) is 5.75 Å². The first-order chi connectivity index (χ1) is 14.5. The molecular formula is C24H20N2O4. The number of aromatic nitrogens is 1. The molecule has 0 aliphatic carbocycles. The van der Waals surface area contributed by atoms with Gasteiger partial charge in [-0.25, -0.2) is 4.98 Å². The standard InChI is InChI=1S/C24H20N2O4/c1-15-6-8-16(9-7-15)21-20(22(27)17-10-12-18(30-2)13-11-17)23(28)24(29)26(21)19-5-3-4-14-25-19/h3-14,21,27H,1-2H3/b22-20+. The summed E-state index contributed by atoms with van der Waals surface area (Å²) in [5.74, 6) is -0.747. The Morgan fingerprint density at radius 3 is 2.30 bits per heavy atom. The van der Waals surface area contributed by atoms with E-state index in [2.05, 4.69) is 4.98 Å². The minimum absolute atomic E-state index is 0.0275. The quantitative estimate of drug-likeness (QED) is 0.406. The summed E-state index contributed by atoms with van der Waals surface area (Å²) in [6.07, 6.45) is 1.56. The van der Waals surface area contributed by atoms with E-state index in [1.165, 1.54) is 4.90 Å². The number of anilines is 1. The summed E-state index contributed by atoms with van der Waals surface area (Å²) in [5, 5.41) is 11.0. The summed E-state index contributed by atoms with van der Waals surface area (Å²) in [7, 11) is 1.55. The highest BCUT2D eigenvalue weighted by atomic mass is 16.5. The Morgan fingerprint density at radius 2 is 1.70 bits per heavy atom. The van der Waals surface area contributed by atoms with Crippen molar-refractivity contribution >= 4 is 23.3 Å². The molecule has 2 aromatic carbocycles. The van der Waals surface area contributed by atoms with Crippen LogP contribution in [0.15, 0.2) is 78.5 Å². The summed E-state index contributed by atoms with van der Waals surface area (Å²) >= 11 is 0. The number of hydrogen-bond acceptors (Lipinski definition) is 5. The molecule has 0 saturated carbocycles. The largest absolute Gasteiger partial charge is 0.507 e. The van der Waals surface area contributed by atoms with Crippen molar-refractivity contribution in [1.82, 2.24) is 4.98 Å². The Balaban J connectivity index is 1.91. The minimum Gasteiger partial charge on any atom is -0.507 e. The first-order valence-electron chi connectivity index (χ1n) is 9.44. The third-order valence-electron chi connectivity index (χ3n) is 5.10. The molecule has 6 nitrogen and oxygen atoms in total. The fraction of sp³-hybridized carbons (Fsp3) is 0.125. The second-order valence-electron chi connectivity index (χ2n) is 7.00. The van der Waals surface area contributed by atoms with E-state index < -0.39 is 17.7 Å². The molecule has 6 heteroatoms. The first-order valence-corrected chi connectivity index (χ1v) is 9.44. The number of aryl methyl sites for hydroxylation is 1. The van der Waals surface area contributed by atoms with Crippen LogP contribution in [0.5, 0.6) is 5.75 Å². The van der Waals surface area contributed by atoms with Crippen LogP contribution in [0, 0.1) is 6.92 Å². The lowest BCUT2D eigenvalue weighted by molar-refractivity contribution is -0.132. The van der Waals surface area contributed by atoms with Crippen LogP contribution in [0.1, 0.15) is 22.7 Å². The summed E-state index contributed by atoms with van der Waals surface area (Å²) in [5.41, 5.74) is 2.20. The zero-order valence-electron chi connectivity index (χ0n) is 16.6. The SMILES string of the molecule is COc1ccc(/C(O)=C2\C(=O)C(=O)N(c3ccccn3)C2c2ccc(C)cc2)cc1. The van der Waals surface area contributed by atoms with Crippen molar-refractivity contribution in [2.24, 2.45) is 0 Å². The van der Waals surface area contributed by atoms with E-state index in [4.69, 9.17) is 4.74 Å². The summed E-state index contributed by atoms with van der Waals surface area (Å²) < 4.78 is 5.15. The van der Waals surface area contributed by atoms with Crippen LogP contribution in [0.4, 0.5) is 5.82 Å². The molecule has 1 saturated heterocycles. The molecule has 0 radical (unpaired) electrons. The number of carbonyl (C=O) groups is 2. The summed E-state index contributed by atoms with van der Waals surface area (Å²) in [4.78, 5) is 31.6. The van der Waals surface area contributed by atoms with E-state index in [9.17, 15) is 14.7 Å². The number of ether oxygens (including phenoxy) is 1. The van der Waals surface area contributed by atoms with Crippen molar-refractivity contribution in [3.05, 3.63) is 95.2 Å². The maximum atomic E-state index is 13.0. The first kappa shape index (κ1) is 19.4. The predicted octanol–water partition coefficient (Wildman–Crippen LogP) is 4.02. The number of rotatable bonds is 4. The summed E-state index contributed by atoms with van der Waals surface area (Å²) in [6.45, 7) is 1.96. The Labute approximate surface area is 174 Å². The molecule has 150 valence electrons. The molecule has 4 rings (SSSR count). The zero-order chi connectivity index (χ0) is 21.3. The number of benzene rings is 2. The van der Waals surface area contributed by atoms with Gasteiger partial charge in [0.2, 0.25) is 0 Å². The van der Waals surface area contributed by atoms with Crippen LogP contribution in [0.25, 0.3) is 5.76 Å². The van der Waals surface area contributed by atoms with Crippen LogP contribution in [0.3, 0.4) is 0 Å². The number of aliphatic hydroxyl groups is 1. The lowest BCUT2D eigenvalue weighted by Gasteiger charge is -2.24. The molecule has 1 aliphatic rings. The third-order valence-corrected chi connectivity index (χ3v) is 5.10. The average molecular weight is 400 g/mol. The Bertz CT molecular complexity index is 1120. The van der Waals surface area contributed by atoms with Crippen molar-refractivity contribution in [1.29, 1.82) is 0 Å². The number of carbonyl (C=O) groups excluding carboxylic acids is 2. The topological polar surface area (TPSA) is 79.7 Å². The minimum atomic E-state index is -0.789. The number of ketones is 1. The monoisotopic (exact) mass is 400 g/mol. The predicted molar refractivity (Wildman–Crippen MR) is 113 cm³/mol. The van der Waals surface area contributed by atoms with Crippen LogP contribution < -0.4 is 9.64 Å². The van der Waals surface area contributed by atoms with Crippen LogP contribution >= 0.6 is 0 Å². The number of amides is 1.